The molecule has 0 aliphatic rings. The minimum atomic E-state index is -0.689. The molecular formula is C24H23N3O5. The van der Waals surface area contributed by atoms with Crippen LogP contribution in [0, 0.1) is 6.92 Å². The van der Waals surface area contributed by atoms with Gasteiger partial charge in [0.05, 0.1) is 12.8 Å². The molecule has 32 heavy (non-hydrogen) atoms. The lowest BCUT2D eigenvalue weighted by atomic mass is 10.1. The second-order valence-corrected chi connectivity index (χ2v) is 7.06. The van der Waals surface area contributed by atoms with Crippen molar-refractivity contribution >= 4 is 29.1 Å². The Morgan fingerprint density at radius 2 is 1.50 bits per heavy atom. The Morgan fingerprint density at radius 1 is 0.844 bits per heavy atom. The zero-order valence-corrected chi connectivity index (χ0v) is 17.9. The SMILES string of the molecule is CON(C)C(=O)c1cc(NC(=O)c2ccc(C)cc2)cc(N(O)C(=O)c2ccccc2)c1. The first-order valence-corrected chi connectivity index (χ1v) is 9.74. The summed E-state index contributed by atoms with van der Waals surface area (Å²) in [5, 5.41) is 14.7. The number of carbonyl (C=O) groups is 3. The minimum Gasteiger partial charge on any atom is -0.322 e. The molecule has 2 N–H and O–H groups in total. The van der Waals surface area contributed by atoms with E-state index in [9.17, 15) is 19.6 Å². The quantitative estimate of drug-likeness (QED) is 0.454. The van der Waals surface area contributed by atoms with Crippen LogP contribution >= 0.6 is 0 Å². The molecule has 0 bridgehead atoms. The van der Waals surface area contributed by atoms with Crippen molar-refractivity contribution in [3.8, 4) is 0 Å². The molecule has 0 aliphatic heterocycles. The number of hydrogen-bond acceptors (Lipinski definition) is 5. The maximum Gasteiger partial charge on any atom is 0.281 e. The molecule has 0 fully saturated rings. The first kappa shape index (κ1) is 22.7. The molecule has 8 heteroatoms. The number of benzene rings is 3. The van der Waals surface area contributed by atoms with Gasteiger partial charge in [0, 0.05) is 29.4 Å². The van der Waals surface area contributed by atoms with Crippen LogP contribution < -0.4 is 10.4 Å². The normalized spacial score (nSPS) is 10.4. The third-order valence-corrected chi connectivity index (χ3v) is 4.75. The minimum absolute atomic E-state index is 0.00779. The third-order valence-electron chi connectivity index (χ3n) is 4.75. The number of carbonyl (C=O) groups excluding carboxylic acids is 3. The number of rotatable bonds is 6. The largest absolute Gasteiger partial charge is 0.322 e. The van der Waals surface area contributed by atoms with Crippen molar-refractivity contribution in [2.75, 3.05) is 24.5 Å². The summed E-state index contributed by atoms with van der Waals surface area (Å²) in [6.07, 6.45) is 0. The van der Waals surface area contributed by atoms with Crippen molar-refractivity contribution in [1.29, 1.82) is 0 Å². The van der Waals surface area contributed by atoms with Crippen molar-refractivity contribution in [2.24, 2.45) is 0 Å². The highest BCUT2D eigenvalue weighted by atomic mass is 16.7. The van der Waals surface area contributed by atoms with Gasteiger partial charge in [0.2, 0.25) is 0 Å². The van der Waals surface area contributed by atoms with Crippen molar-refractivity contribution in [2.45, 2.75) is 6.92 Å². The second kappa shape index (κ2) is 9.86. The first-order valence-electron chi connectivity index (χ1n) is 9.74. The number of nitrogens with zero attached hydrogens (tertiary/aromatic N) is 2. The van der Waals surface area contributed by atoms with E-state index in [1.807, 2.05) is 19.1 Å². The monoisotopic (exact) mass is 433 g/mol. The van der Waals surface area contributed by atoms with Gasteiger partial charge in [-0.05, 0) is 49.4 Å². The van der Waals surface area contributed by atoms with Gasteiger partial charge in [0.25, 0.3) is 17.7 Å². The average Bonchev–Trinajstić information content (AvgIpc) is 2.82. The molecule has 3 aromatic rings. The average molecular weight is 433 g/mol. The van der Waals surface area contributed by atoms with Crippen LogP contribution in [0.3, 0.4) is 0 Å². The van der Waals surface area contributed by atoms with Crippen molar-refractivity contribution in [3.63, 3.8) is 0 Å². The van der Waals surface area contributed by atoms with E-state index >= 15 is 0 Å². The van der Waals surface area contributed by atoms with E-state index in [1.54, 1.807) is 42.5 Å². The van der Waals surface area contributed by atoms with Crippen LogP contribution in [0.25, 0.3) is 0 Å². The van der Waals surface area contributed by atoms with Gasteiger partial charge in [-0.1, -0.05) is 35.9 Å². The topological polar surface area (TPSA) is 99.2 Å². The molecule has 3 rings (SSSR count). The van der Waals surface area contributed by atoms with E-state index in [0.29, 0.717) is 10.6 Å². The van der Waals surface area contributed by atoms with Gasteiger partial charge in [-0.15, -0.1) is 0 Å². The van der Waals surface area contributed by atoms with E-state index in [0.717, 1.165) is 10.6 Å². The predicted molar refractivity (Wildman–Crippen MR) is 120 cm³/mol. The smallest absolute Gasteiger partial charge is 0.281 e. The molecule has 3 aromatic carbocycles. The van der Waals surface area contributed by atoms with E-state index in [1.165, 1.54) is 32.4 Å². The highest BCUT2D eigenvalue weighted by Crippen LogP contribution is 2.25. The molecule has 0 radical (unpaired) electrons. The maximum absolute atomic E-state index is 12.7. The highest BCUT2D eigenvalue weighted by molar-refractivity contribution is 6.08. The molecule has 8 nitrogen and oxygen atoms in total. The van der Waals surface area contributed by atoms with Gasteiger partial charge in [-0.25, -0.2) is 5.06 Å². The fraction of sp³-hybridized carbons (Fsp3) is 0.125. The molecule has 0 atom stereocenters. The fourth-order valence-electron chi connectivity index (χ4n) is 2.92. The summed E-state index contributed by atoms with van der Waals surface area (Å²) >= 11 is 0. The summed E-state index contributed by atoms with van der Waals surface area (Å²) in [6, 6.07) is 19.3. The lowest BCUT2D eigenvalue weighted by Gasteiger charge is -2.19. The molecule has 0 saturated carbocycles. The Bertz CT molecular complexity index is 1130. The molecule has 0 spiro atoms. The van der Waals surface area contributed by atoms with Gasteiger partial charge < -0.3 is 5.32 Å². The van der Waals surface area contributed by atoms with E-state index in [-0.39, 0.29) is 22.5 Å². The number of anilines is 2. The molecule has 0 aromatic heterocycles. The van der Waals surface area contributed by atoms with Gasteiger partial charge in [0.15, 0.2) is 0 Å². The Kier molecular flexibility index (Phi) is 6.99. The zero-order valence-electron chi connectivity index (χ0n) is 17.9. The van der Waals surface area contributed by atoms with Gasteiger partial charge in [0.1, 0.15) is 0 Å². The van der Waals surface area contributed by atoms with Gasteiger partial charge in [-0.2, -0.15) is 5.06 Å². The summed E-state index contributed by atoms with van der Waals surface area (Å²) < 4.78 is 0. The van der Waals surface area contributed by atoms with Crippen molar-refractivity contribution in [3.05, 3.63) is 95.1 Å². The van der Waals surface area contributed by atoms with Gasteiger partial charge >= 0.3 is 0 Å². The summed E-state index contributed by atoms with van der Waals surface area (Å²) in [7, 11) is 2.75. The Morgan fingerprint density at radius 3 is 2.12 bits per heavy atom. The van der Waals surface area contributed by atoms with Crippen LogP contribution in [0.1, 0.15) is 36.6 Å². The van der Waals surface area contributed by atoms with Crippen LogP contribution in [0.15, 0.2) is 72.8 Å². The fourth-order valence-corrected chi connectivity index (χ4v) is 2.92. The molecule has 3 amide bonds. The Balaban J connectivity index is 1.97. The Hall–Kier alpha value is -4.01. The molecule has 0 unspecified atom stereocenters. The van der Waals surface area contributed by atoms with Crippen LogP contribution in [-0.4, -0.2) is 42.1 Å². The van der Waals surface area contributed by atoms with Crippen molar-refractivity contribution < 1.29 is 24.4 Å². The summed E-state index contributed by atoms with van der Waals surface area (Å²) in [6.45, 7) is 1.91. The standard InChI is InChI=1S/C24H23N3O5/c1-16-9-11-17(12-10-16)22(28)25-20-13-19(23(29)26(2)32-3)14-21(15-20)27(31)24(30)18-7-5-4-6-8-18/h4-15,31H,1-3H3,(H,25,28). The molecule has 0 heterocycles. The number of hydroxylamine groups is 3. The lowest BCUT2D eigenvalue weighted by Crippen LogP contribution is -2.29. The lowest BCUT2D eigenvalue weighted by molar-refractivity contribution is -0.0756. The van der Waals surface area contributed by atoms with E-state index < -0.39 is 17.7 Å². The molecular weight excluding hydrogens is 410 g/mol. The molecule has 0 saturated heterocycles. The summed E-state index contributed by atoms with van der Waals surface area (Å²) in [5.41, 5.74) is 2.02. The highest BCUT2D eigenvalue weighted by Gasteiger charge is 2.20. The molecule has 0 aliphatic carbocycles. The van der Waals surface area contributed by atoms with Crippen LogP contribution in [-0.2, 0) is 4.84 Å². The summed E-state index contributed by atoms with van der Waals surface area (Å²) in [5.74, 6) is -1.62. The van der Waals surface area contributed by atoms with Crippen LogP contribution in [0.4, 0.5) is 11.4 Å². The first-order chi connectivity index (χ1) is 15.3. The number of nitrogens with one attached hydrogen (secondary N) is 1. The van der Waals surface area contributed by atoms with Crippen LogP contribution in [0.5, 0.6) is 0 Å². The zero-order chi connectivity index (χ0) is 23.3. The third kappa shape index (κ3) is 5.18. The number of amides is 3. The second-order valence-electron chi connectivity index (χ2n) is 7.06. The number of aryl methyl sites for hydroxylation is 1. The van der Waals surface area contributed by atoms with Crippen LogP contribution in [0.2, 0.25) is 0 Å². The maximum atomic E-state index is 12.7. The van der Waals surface area contributed by atoms with E-state index in [4.69, 9.17) is 4.84 Å². The number of hydrogen-bond donors (Lipinski definition) is 2. The summed E-state index contributed by atoms with van der Waals surface area (Å²) in [4.78, 5) is 42.9. The van der Waals surface area contributed by atoms with E-state index in [2.05, 4.69) is 5.32 Å². The van der Waals surface area contributed by atoms with Gasteiger partial charge in [-0.3, -0.25) is 24.4 Å². The van der Waals surface area contributed by atoms with Crippen molar-refractivity contribution in [1.82, 2.24) is 5.06 Å². The molecule has 164 valence electrons. The predicted octanol–water partition coefficient (Wildman–Crippen LogP) is 3.92. The Labute approximate surface area is 185 Å².